The Morgan fingerprint density at radius 1 is 1.12 bits per heavy atom. The topological polar surface area (TPSA) is 36.9 Å². The van der Waals surface area contributed by atoms with Crippen molar-refractivity contribution < 1.29 is 4.74 Å². The van der Waals surface area contributed by atoms with Gasteiger partial charge in [0.05, 0.1) is 6.54 Å². The first-order chi connectivity index (χ1) is 12.1. The summed E-state index contributed by atoms with van der Waals surface area (Å²) in [5.74, 6) is 2.06. The van der Waals surface area contributed by atoms with Crippen molar-refractivity contribution in [2.75, 3.05) is 26.2 Å². The molecule has 0 fully saturated rings. The van der Waals surface area contributed by atoms with Crippen molar-refractivity contribution in [3.8, 4) is 5.75 Å². The Bertz CT molecular complexity index is 614. The van der Waals surface area contributed by atoms with Gasteiger partial charge >= 0.3 is 0 Å². The molecule has 0 atom stereocenters. The van der Waals surface area contributed by atoms with Crippen LogP contribution in [0.25, 0.3) is 0 Å². The first-order valence-electron chi connectivity index (χ1n) is 9.89. The fraction of sp³-hybridized carbons (Fsp3) is 0.667. The molecule has 1 aliphatic carbocycles. The molecule has 1 heterocycles. The van der Waals surface area contributed by atoms with Crippen molar-refractivity contribution in [1.82, 2.24) is 10.2 Å². The van der Waals surface area contributed by atoms with Crippen LogP contribution in [0.5, 0.6) is 5.75 Å². The zero-order chi connectivity index (χ0) is 17.8. The summed E-state index contributed by atoms with van der Waals surface area (Å²) < 4.78 is 6.18. The van der Waals surface area contributed by atoms with Crippen molar-refractivity contribution in [3.05, 3.63) is 28.8 Å². The predicted molar refractivity (Wildman–Crippen MR) is 105 cm³/mol. The van der Waals surface area contributed by atoms with Crippen molar-refractivity contribution in [2.45, 2.75) is 65.5 Å². The number of hydrogen-bond acceptors (Lipinski definition) is 4. The second-order valence-electron chi connectivity index (χ2n) is 7.75. The van der Waals surface area contributed by atoms with Gasteiger partial charge in [-0.1, -0.05) is 0 Å². The molecule has 1 aliphatic heterocycles. The van der Waals surface area contributed by atoms with E-state index in [1.54, 1.807) is 0 Å². The van der Waals surface area contributed by atoms with Gasteiger partial charge in [-0.15, -0.1) is 0 Å². The number of aliphatic imine (C=N–C) groups is 1. The van der Waals surface area contributed by atoms with E-state index in [-0.39, 0.29) is 0 Å². The third kappa shape index (κ3) is 4.35. The Morgan fingerprint density at radius 3 is 2.56 bits per heavy atom. The predicted octanol–water partition coefficient (Wildman–Crippen LogP) is 3.41. The Hall–Kier alpha value is -1.55. The van der Waals surface area contributed by atoms with Gasteiger partial charge in [-0.3, -0.25) is 9.89 Å². The molecule has 0 saturated heterocycles. The number of nitrogens with one attached hydrogen (secondary N) is 1. The van der Waals surface area contributed by atoms with E-state index in [1.807, 2.05) is 0 Å². The Morgan fingerprint density at radius 2 is 1.88 bits per heavy atom. The lowest BCUT2D eigenvalue weighted by Crippen LogP contribution is -2.39. The van der Waals surface area contributed by atoms with Crippen LogP contribution in [0.1, 0.15) is 57.2 Å². The summed E-state index contributed by atoms with van der Waals surface area (Å²) in [6.07, 6.45) is 4.90. The van der Waals surface area contributed by atoms with Crippen molar-refractivity contribution in [1.29, 1.82) is 0 Å². The minimum atomic E-state index is 0.541. The molecular weight excluding hydrogens is 310 g/mol. The van der Waals surface area contributed by atoms with Crippen LogP contribution in [0, 0.1) is 0 Å². The summed E-state index contributed by atoms with van der Waals surface area (Å²) in [4.78, 5) is 7.13. The second kappa shape index (κ2) is 8.22. The zero-order valence-corrected chi connectivity index (χ0v) is 16.3. The number of rotatable bonds is 7. The largest absolute Gasteiger partial charge is 0.492 e. The number of aryl methyl sites for hydroxylation is 1. The van der Waals surface area contributed by atoms with Gasteiger partial charge in [-0.05, 0) is 76.6 Å². The van der Waals surface area contributed by atoms with E-state index in [9.17, 15) is 0 Å². The number of fused-ring (bicyclic) bond motifs is 1. The van der Waals surface area contributed by atoms with Gasteiger partial charge in [0.2, 0.25) is 0 Å². The third-order valence-corrected chi connectivity index (χ3v) is 5.31. The number of ether oxygens (including phenoxy) is 1. The Kier molecular flexibility index (Phi) is 6.00. The van der Waals surface area contributed by atoms with Crippen LogP contribution in [0.2, 0.25) is 0 Å². The van der Waals surface area contributed by atoms with Crippen molar-refractivity contribution in [2.24, 2.45) is 4.99 Å². The number of nitrogens with zero attached hydrogens (tertiary/aromatic N) is 2. The van der Waals surface area contributed by atoms with Crippen LogP contribution in [0.15, 0.2) is 17.1 Å². The first-order valence-corrected chi connectivity index (χ1v) is 9.89. The number of amidine groups is 1. The molecule has 0 spiro atoms. The van der Waals surface area contributed by atoms with E-state index < -0.39 is 0 Å². The molecule has 2 aliphatic rings. The fourth-order valence-electron chi connectivity index (χ4n) is 4.09. The summed E-state index contributed by atoms with van der Waals surface area (Å²) in [6, 6.07) is 5.55. The summed E-state index contributed by atoms with van der Waals surface area (Å²) >= 11 is 0. The molecule has 138 valence electrons. The smallest absolute Gasteiger partial charge is 0.128 e. The van der Waals surface area contributed by atoms with Gasteiger partial charge in [0.25, 0.3) is 0 Å². The Balaban J connectivity index is 1.74. The van der Waals surface area contributed by atoms with Gasteiger partial charge in [0.15, 0.2) is 0 Å². The number of hydrogen-bond donors (Lipinski definition) is 1. The number of benzene rings is 1. The molecule has 1 aromatic carbocycles. The highest BCUT2D eigenvalue weighted by molar-refractivity contribution is 6.01. The van der Waals surface area contributed by atoms with Gasteiger partial charge in [0, 0.05) is 30.7 Å². The van der Waals surface area contributed by atoms with Crippen LogP contribution in [-0.4, -0.2) is 49.1 Å². The maximum atomic E-state index is 6.18. The SMILES string of the molecule is CC(C)N(CCOc1cc2c(c(C3=NCCN3)c1)CCCC2)C(C)C. The van der Waals surface area contributed by atoms with E-state index in [1.165, 1.54) is 36.0 Å². The molecule has 4 heteroatoms. The van der Waals surface area contributed by atoms with Gasteiger partial charge < -0.3 is 10.1 Å². The minimum absolute atomic E-state index is 0.541. The standard InChI is InChI=1S/C21H33N3O/c1-15(2)24(16(3)4)11-12-25-18-13-17-7-5-6-8-19(17)20(14-18)21-22-9-10-23-21/h13-16H,5-12H2,1-4H3,(H,22,23). The molecule has 1 N–H and O–H groups in total. The van der Waals surface area contributed by atoms with Gasteiger partial charge in [0.1, 0.15) is 18.2 Å². The summed E-state index contributed by atoms with van der Waals surface area (Å²) in [5.41, 5.74) is 4.21. The summed E-state index contributed by atoms with van der Waals surface area (Å²) in [5, 5.41) is 3.44. The molecule has 0 radical (unpaired) electrons. The molecule has 1 aromatic rings. The second-order valence-corrected chi connectivity index (χ2v) is 7.75. The molecular formula is C21H33N3O. The highest BCUT2D eigenvalue weighted by atomic mass is 16.5. The van der Waals surface area contributed by atoms with Crippen LogP contribution in [0.3, 0.4) is 0 Å². The minimum Gasteiger partial charge on any atom is -0.492 e. The maximum Gasteiger partial charge on any atom is 0.128 e. The molecule has 3 rings (SSSR count). The van der Waals surface area contributed by atoms with Crippen LogP contribution in [0.4, 0.5) is 0 Å². The fourth-order valence-corrected chi connectivity index (χ4v) is 4.09. The molecule has 25 heavy (non-hydrogen) atoms. The van der Waals surface area contributed by atoms with Gasteiger partial charge in [-0.2, -0.15) is 0 Å². The highest BCUT2D eigenvalue weighted by Gasteiger charge is 2.20. The molecule has 0 unspecified atom stereocenters. The van der Waals surface area contributed by atoms with Crippen LogP contribution in [-0.2, 0) is 12.8 Å². The molecule has 0 amide bonds. The van der Waals surface area contributed by atoms with E-state index in [0.29, 0.717) is 12.1 Å². The molecule has 0 aromatic heterocycles. The summed E-state index contributed by atoms with van der Waals surface area (Å²) in [6.45, 7) is 12.5. The lowest BCUT2D eigenvalue weighted by atomic mass is 9.87. The quantitative estimate of drug-likeness (QED) is 0.824. The lowest BCUT2D eigenvalue weighted by Gasteiger charge is -2.30. The molecule has 4 nitrogen and oxygen atoms in total. The highest BCUT2D eigenvalue weighted by Crippen LogP contribution is 2.30. The average molecular weight is 344 g/mol. The van der Waals surface area contributed by atoms with Gasteiger partial charge in [-0.25, -0.2) is 0 Å². The Labute approximate surface area is 152 Å². The zero-order valence-electron chi connectivity index (χ0n) is 16.3. The van der Waals surface area contributed by atoms with E-state index in [0.717, 1.165) is 44.2 Å². The molecule has 0 bridgehead atoms. The first kappa shape index (κ1) is 18.2. The van der Waals surface area contributed by atoms with Crippen LogP contribution < -0.4 is 10.1 Å². The third-order valence-electron chi connectivity index (χ3n) is 5.31. The molecule has 0 saturated carbocycles. The monoisotopic (exact) mass is 343 g/mol. The van der Waals surface area contributed by atoms with Crippen molar-refractivity contribution >= 4 is 5.84 Å². The normalized spacial score (nSPS) is 17.0. The van der Waals surface area contributed by atoms with Crippen LogP contribution >= 0.6 is 0 Å². The van der Waals surface area contributed by atoms with E-state index in [2.05, 4.69) is 55.0 Å². The van der Waals surface area contributed by atoms with E-state index in [4.69, 9.17) is 4.74 Å². The van der Waals surface area contributed by atoms with Crippen molar-refractivity contribution in [3.63, 3.8) is 0 Å². The lowest BCUT2D eigenvalue weighted by molar-refractivity contribution is 0.142. The van der Waals surface area contributed by atoms with E-state index >= 15 is 0 Å². The maximum absolute atomic E-state index is 6.18. The average Bonchev–Trinajstić information content (AvgIpc) is 3.11. The summed E-state index contributed by atoms with van der Waals surface area (Å²) in [7, 11) is 0.